The van der Waals surface area contributed by atoms with E-state index in [1.54, 1.807) is 0 Å². The number of halogens is 3. The highest BCUT2D eigenvalue weighted by Gasteiger charge is 2.25. The number of aromatic nitrogens is 1. The van der Waals surface area contributed by atoms with Gasteiger partial charge in [-0.2, -0.15) is 0 Å². The van der Waals surface area contributed by atoms with Crippen LogP contribution in [-0.4, -0.2) is 18.1 Å². The van der Waals surface area contributed by atoms with Gasteiger partial charge in [0.1, 0.15) is 0 Å². The molecule has 2 aliphatic rings. The van der Waals surface area contributed by atoms with E-state index in [9.17, 15) is 0 Å². The molecule has 2 nitrogen and oxygen atoms in total. The molecule has 0 unspecified atom stereocenters. The standard InChI is InChI=1S/C19H17Br2ClN2.C2H6/c20-14-7-13-2-1-12-8-15(22)9-16(21)17(12)18(19(13)24-10-14)11-3-5-23-6-4-11;1-2/h7-10,23H,1-6H2;1-2H3. The molecule has 1 fully saturated rings. The fraction of sp³-hybridized carbons (Fsp3) is 0.381. The third-order valence-corrected chi connectivity index (χ3v) is 6.06. The zero-order valence-electron chi connectivity index (χ0n) is 15.1. The molecule has 2 aromatic rings. The van der Waals surface area contributed by atoms with Gasteiger partial charge < -0.3 is 5.32 Å². The van der Waals surface area contributed by atoms with Gasteiger partial charge in [0, 0.05) is 31.3 Å². The number of hydrogen-bond acceptors (Lipinski definition) is 2. The number of pyridine rings is 1. The zero-order chi connectivity index (χ0) is 18.7. The van der Waals surface area contributed by atoms with Gasteiger partial charge in [-0.15, -0.1) is 0 Å². The molecule has 1 aliphatic carbocycles. The van der Waals surface area contributed by atoms with Gasteiger partial charge in [0.25, 0.3) is 0 Å². The first kappa shape index (κ1) is 20.1. The maximum Gasteiger partial charge on any atom is 0.0740 e. The number of aryl methyl sites for hydroxylation is 2. The second-order valence-electron chi connectivity index (χ2n) is 6.31. The number of benzene rings is 1. The lowest BCUT2D eigenvalue weighted by Crippen LogP contribution is -2.24. The molecule has 1 N–H and O–H groups in total. The molecule has 0 radical (unpaired) electrons. The molecule has 26 heavy (non-hydrogen) atoms. The van der Waals surface area contributed by atoms with Gasteiger partial charge in [-0.3, -0.25) is 4.98 Å². The summed E-state index contributed by atoms with van der Waals surface area (Å²) < 4.78 is 2.11. The molecule has 1 aliphatic heterocycles. The molecular weight excluding hydrogens is 476 g/mol. The Labute approximate surface area is 177 Å². The molecule has 1 aromatic carbocycles. The van der Waals surface area contributed by atoms with Gasteiger partial charge >= 0.3 is 0 Å². The van der Waals surface area contributed by atoms with E-state index in [4.69, 9.17) is 16.6 Å². The van der Waals surface area contributed by atoms with E-state index in [1.807, 2.05) is 26.1 Å². The van der Waals surface area contributed by atoms with Crippen LogP contribution in [0.5, 0.6) is 0 Å². The van der Waals surface area contributed by atoms with E-state index in [-0.39, 0.29) is 0 Å². The minimum Gasteiger partial charge on any atom is -0.316 e. The average molecular weight is 499 g/mol. The highest BCUT2D eigenvalue weighted by molar-refractivity contribution is 9.10. The lowest BCUT2D eigenvalue weighted by molar-refractivity contribution is 0.611. The molecule has 0 spiro atoms. The highest BCUT2D eigenvalue weighted by Crippen LogP contribution is 2.42. The summed E-state index contributed by atoms with van der Waals surface area (Å²) in [4.78, 5) is 4.82. The minimum absolute atomic E-state index is 0.787. The van der Waals surface area contributed by atoms with E-state index in [2.05, 4.69) is 49.3 Å². The summed E-state index contributed by atoms with van der Waals surface area (Å²) in [6.07, 6.45) is 6.02. The van der Waals surface area contributed by atoms with Gasteiger partial charge in [-0.05, 0) is 84.0 Å². The van der Waals surface area contributed by atoms with Crippen LogP contribution >= 0.6 is 43.5 Å². The first-order valence-corrected chi connectivity index (χ1v) is 11.2. The molecule has 4 rings (SSSR count). The van der Waals surface area contributed by atoms with Crippen LogP contribution in [0.3, 0.4) is 0 Å². The Hall–Kier alpha value is -0.680. The Morgan fingerprint density at radius 3 is 2.38 bits per heavy atom. The maximum atomic E-state index is 6.33. The third-order valence-electron chi connectivity index (χ3n) is 4.78. The Balaban J connectivity index is 0.000000948. The van der Waals surface area contributed by atoms with Crippen LogP contribution in [0.1, 0.15) is 49.1 Å². The SMILES string of the molecule is CC.Clc1cc(Br)c2c(c1)CCc1cc(Br)cnc1C2=C1CCNCC1. The predicted molar refractivity (Wildman–Crippen MR) is 118 cm³/mol. The van der Waals surface area contributed by atoms with E-state index < -0.39 is 0 Å². The van der Waals surface area contributed by atoms with Crippen LogP contribution in [0, 0.1) is 0 Å². The monoisotopic (exact) mass is 496 g/mol. The van der Waals surface area contributed by atoms with Crippen LogP contribution in [0.4, 0.5) is 0 Å². The van der Waals surface area contributed by atoms with E-state index in [1.165, 1.54) is 27.8 Å². The molecule has 0 bridgehead atoms. The lowest BCUT2D eigenvalue weighted by atomic mass is 9.89. The van der Waals surface area contributed by atoms with Crippen molar-refractivity contribution >= 4 is 49.0 Å². The lowest BCUT2D eigenvalue weighted by Gasteiger charge is -2.22. The number of nitrogens with zero attached hydrogens (tertiary/aromatic N) is 1. The first-order chi connectivity index (χ1) is 12.6. The summed E-state index contributed by atoms with van der Waals surface area (Å²) in [5, 5.41) is 4.24. The first-order valence-electron chi connectivity index (χ1n) is 9.19. The normalized spacial score (nSPS) is 16.2. The van der Waals surface area contributed by atoms with Gasteiger partial charge in [0.15, 0.2) is 0 Å². The largest absolute Gasteiger partial charge is 0.316 e. The fourth-order valence-corrected chi connectivity index (χ4v) is 5.16. The number of nitrogens with one attached hydrogen (secondary N) is 1. The summed E-state index contributed by atoms with van der Waals surface area (Å²) >= 11 is 13.7. The minimum atomic E-state index is 0.787. The predicted octanol–water partition coefficient (Wildman–Crippen LogP) is 6.57. The quantitative estimate of drug-likeness (QED) is 0.444. The summed E-state index contributed by atoms with van der Waals surface area (Å²) in [6.45, 7) is 6.07. The maximum absolute atomic E-state index is 6.33. The third kappa shape index (κ3) is 4.09. The van der Waals surface area contributed by atoms with Crippen LogP contribution in [-0.2, 0) is 12.8 Å². The molecule has 0 saturated carbocycles. The molecular formula is C21H23Br2ClN2. The van der Waals surface area contributed by atoms with E-state index >= 15 is 0 Å². The van der Waals surface area contributed by atoms with Crippen molar-refractivity contribution in [3.63, 3.8) is 0 Å². The van der Waals surface area contributed by atoms with Crippen molar-refractivity contribution in [3.8, 4) is 0 Å². The van der Waals surface area contributed by atoms with E-state index in [0.29, 0.717) is 0 Å². The van der Waals surface area contributed by atoms with Crippen LogP contribution in [0.15, 0.2) is 38.9 Å². The second kappa shape index (κ2) is 9.01. The van der Waals surface area contributed by atoms with Gasteiger partial charge in [0.2, 0.25) is 0 Å². The van der Waals surface area contributed by atoms with Crippen molar-refractivity contribution in [2.75, 3.05) is 13.1 Å². The smallest absolute Gasteiger partial charge is 0.0740 e. The molecule has 0 amide bonds. The van der Waals surface area contributed by atoms with Crippen molar-refractivity contribution in [2.45, 2.75) is 39.5 Å². The van der Waals surface area contributed by atoms with Gasteiger partial charge in [0.05, 0.1) is 5.69 Å². The topological polar surface area (TPSA) is 24.9 Å². The van der Waals surface area contributed by atoms with Crippen molar-refractivity contribution in [1.82, 2.24) is 10.3 Å². The second-order valence-corrected chi connectivity index (χ2v) is 8.52. The number of hydrogen-bond donors (Lipinski definition) is 1. The Morgan fingerprint density at radius 1 is 0.962 bits per heavy atom. The van der Waals surface area contributed by atoms with Gasteiger partial charge in [-0.1, -0.05) is 47.0 Å². The number of piperidine rings is 1. The highest BCUT2D eigenvalue weighted by atomic mass is 79.9. The Morgan fingerprint density at radius 2 is 1.65 bits per heavy atom. The number of rotatable bonds is 0. The molecule has 0 atom stereocenters. The summed E-state index contributed by atoms with van der Waals surface area (Å²) in [7, 11) is 0. The summed E-state index contributed by atoms with van der Waals surface area (Å²) in [5.41, 5.74) is 7.85. The van der Waals surface area contributed by atoms with Crippen molar-refractivity contribution in [2.24, 2.45) is 0 Å². The Kier molecular flexibility index (Phi) is 6.95. The van der Waals surface area contributed by atoms with Crippen molar-refractivity contribution in [1.29, 1.82) is 0 Å². The molecule has 1 aromatic heterocycles. The summed E-state index contributed by atoms with van der Waals surface area (Å²) in [6, 6.07) is 6.33. The molecule has 2 heterocycles. The molecule has 5 heteroatoms. The Bertz CT molecular complexity index is 838. The average Bonchev–Trinajstić information content (AvgIpc) is 2.81. The van der Waals surface area contributed by atoms with Crippen LogP contribution in [0.2, 0.25) is 5.02 Å². The zero-order valence-corrected chi connectivity index (χ0v) is 19.1. The van der Waals surface area contributed by atoms with Crippen molar-refractivity contribution in [3.05, 3.63) is 66.3 Å². The van der Waals surface area contributed by atoms with E-state index in [0.717, 1.165) is 58.4 Å². The van der Waals surface area contributed by atoms with Crippen molar-refractivity contribution < 1.29 is 0 Å². The molecule has 138 valence electrons. The summed E-state index contributed by atoms with van der Waals surface area (Å²) in [5.74, 6) is 0. The van der Waals surface area contributed by atoms with Crippen LogP contribution in [0.25, 0.3) is 5.57 Å². The number of fused-ring (bicyclic) bond motifs is 2. The van der Waals surface area contributed by atoms with Crippen LogP contribution < -0.4 is 5.32 Å². The van der Waals surface area contributed by atoms with Gasteiger partial charge in [-0.25, -0.2) is 0 Å². The fourth-order valence-electron chi connectivity index (χ4n) is 3.71. The molecule has 1 saturated heterocycles.